The van der Waals surface area contributed by atoms with Gasteiger partial charge in [-0.1, -0.05) is 26.8 Å². The van der Waals surface area contributed by atoms with Gasteiger partial charge in [-0.05, 0) is 49.8 Å². The SMILES string of the molecule is CCCOC(=O)C1=C(C)NC2=C(C(=O)CC(C)(C)C2)[C@H]1c1ccc(OCC)c(OC)c1. The summed E-state index contributed by atoms with van der Waals surface area (Å²) < 4.78 is 16.7. The summed E-state index contributed by atoms with van der Waals surface area (Å²) in [5.74, 6) is 0.360. The molecule has 168 valence electrons. The molecular weight excluding hydrogens is 394 g/mol. The van der Waals surface area contributed by atoms with E-state index in [2.05, 4.69) is 19.2 Å². The van der Waals surface area contributed by atoms with Crippen LogP contribution in [0.15, 0.2) is 40.7 Å². The number of ether oxygens (including phenoxy) is 3. The third-order valence-electron chi connectivity index (χ3n) is 5.72. The molecule has 0 saturated heterocycles. The molecule has 1 atom stereocenters. The van der Waals surface area contributed by atoms with Crippen LogP contribution in [0.4, 0.5) is 0 Å². The molecule has 1 aliphatic heterocycles. The first-order valence-electron chi connectivity index (χ1n) is 10.9. The lowest BCUT2D eigenvalue weighted by molar-refractivity contribution is -0.139. The van der Waals surface area contributed by atoms with Crippen molar-refractivity contribution in [2.24, 2.45) is 5.41 Å². The zero-order chi connectivity index (χ0) is 22.8. The van der Waals surface area contributed by atoms with Gasteiger partial charge in [-0.25, -0.2) is 4.79 Å². The second-order valence-corrected chi connectivity index (χ2v) is 8.91. The van der Waals surface area contributed by atoms with Crippen molar-refractivity contribution in [3.8, 4) is 11.5 Å². The van der Waals surface area contributed by atoms with Crippen LogP contribution in [0, 0.1) is 5.41 Å². The van der Waals surface area contributed by atoms with Crippen molar-refractivity contribution in [3.05, 3.63) is 46.3 Å². The Kier molecular flexibility index (Phi) is 6.77. The smallest absolute Gasteiger partial charge is 0.336 e. The molecule has 0 amide bonds. The lowest BCUT2D eigenvalue weighted by Crippen LogP contribution is -2.38. The molecule has 0 aromatic heterocycles. The van der Waals surface area contributed by atoms with Gasteiger partial charge < -0.3 is 19.5 Å². The minimum absolute atomic E-state index is 0.0601. The number of nitrogens with one attached hydrogen (secondary N) is 1. The molecule has 1 heterocycles. The van der Waals surface area contributed by atoms with E-state index in [4.69, 9.17) is 14.2 Å². The van der Waals surface area contributed by atoms with E-state index in [9.17, 15) is 9.59 Å². The number of hydrogen-bond acceptors (Lipinski definition) is 6. The van der Waals surface area contributed by atoms with Crippen LogP contribution in [-0.4, -0.2) is 32.1 Å². The Morgan fingerprint density at radius 3 is 2.58 bits per heavy atom. The first kappa shape index (κ1) is 22.9. The van der Waals surface area contributed by atoms with Crippen molar-refractivity contribution < 1.29 is 23.8 Å². The summed E-state index contributed by atoms with van der Waals surface area (Å²) in [6.07, 6.45) is 1.91. The summed E-state index contributed by atoms with van der Waals surface area (Å²) in [4.78, 5) is 26.4. The van der Waals surface area contributed by atoms with Crippen molar-refractivity contribution in [2.45, 2.75) is 59.8 Å². The number of esters is 1. The lowest BCUT2D eigenvalue weighted by atomic mass is 9.68. The van der Waals surface area contributed by atoms with Gasteiger partial charge in [0.2, 0.25) is 0 Å². The Hall–Kier alpha value is -2.76. The third kappa shape index (κ3) is 4.63. The highest BCUT2D eigenvalue weighted by Crippen LogP contribution is 2.47. The molecule has 0 radical (unpaired) electrons. The fourth-order valence-electron chi connectivity index (χ4n) is 4.45. The maximum absolute atomic E-state index is 13.3. The Labute approximate surface area is 184 Å². The first-order chi connectivity index (χ1) is 14.7. The number of dihydropyridines is 1. The summed E-state index contributed by atoms with van der Waals surface area (Å²) in [5.41, 5.74) is 3.42. The molecule has 0 fully saturated rings. The van der Waals surface area contributed by atoms with Crippen LogP contribution in [0.3, 0.4) is 0 Å². The normalized spacial score (nSPS) is 20.2. The molecule has 31 heavy (non-hydrogen) atoms. The predicted octanol–water partition coefficient (Wildman–Crippen LogP) is 4.65. The Morgan fingerprint density at radius 1 is 1.19 bits per heavy atom. The number of rotatable bonds is 7. The number of carbonyl (C=O) groups is 2. The second kappa shape index (κ2) is 9.16. The van der Waals surface area contributed by atoms with Gasteiger partial charge in [0.25, 0.3) is 0 Å². The van der Waals surface area contributed by atoms with Gasteiger partial charge in [-0.2, -0.15) is 0 Å². The summed E-state index contributed by atoms with van der Waals surface area (Å²) in [5, 5.41) is 3.35. The van der Waals surface area contributed by atoms with Crippen molar-refractivity contribution in [1.29, 1.82) is 0 Å². The Balaban J connectivity index is 2.16. The van der Waals surface area contributed by atoms with Crippen molar-refractivity contribution >= 4 is 11.8 Å². The zero-order valence-electron chi connectivity index (χ0n) is 19.4. The van der Waals surface area contributed by atoms with Gasteiger partial charge in [-0.3, -0.25) is 4.79 Å². The lowest BCUT2D eigenvalue weighted by Gasteiger charge is -2.39. The molecule has 0 bridgehead atoms. The van der Waals surface area contributed by atoms with E-state index in [1.54, 1.807) is 7.11 Å². The third-order valence-corrected chi connectivity index (χ3v) is 5.72. The fraction of sp³-hybridized carbons (Fsp3) is 0.520. The van der Waals surface area contributed by atoms with Crippen LogP contribution in [0.25, 0.3) is 0 Å². The summed E-state index contributed by atoms with van der Waals surface area (Å²) in [6, 6.07) is 5.60. The molecule has 0 saturated carbocycles. The molecule has 0 spiro atoms. The van der Waals surface area contributed by atoms with Crippen LogP contribution in [0.1, 0.15) is 65.4 Å². The van der Waals surface area contributed by atoms with E-state index in [0.29, 0.717) is 42.3 Å². The highest BCUT2D eigenvalue weighted by atomic mass is 16.5. The average Bonchev–Trinajstić information content (AvgIpc) is 2.70. The van der Waals surface area contributed by atoms with Crippen molar-refractivity contribution in [3.63, 3.8) is 0 Å². The predicted molar refractivity (Wildman–Crippen MR) is 119 cm³/mol. The van der Waals surface area contributed by atoms with Gasteiger partial charge in [0.15, 0.2) is 17.3 Å². The highest BCUT2D eigenvalue weighted by molar-refractivity contribution is 6.04. The molecule has 6 heteroatoms. The molecule has 1 N–H and O–H groups in total. The molecule has 1 aromatic rings. The monoisotopic (exact) mass is 427 g/mol. The minimum Gasteiger partial charge on any atom is -0.493 e. The van der Waals surface area contributed by atoms with Crippen molar-refractivity contribution in [1.82, 2.24) is 5.32 Å². The van der Waals surface area contributed by atoms with Crippen LogP contribution in [-0.2, 0) is 14.3 Å². The number of methoxy groups -OCH3 is 1. The average molecular weight is 428 g/mol. The summed E-state index contributed by atoms with van der Waals surface area (Å²) >= 11 is 0. The minimum atomic E-state index is -0.506. The van der Waals surface area contributed by atoms with E-state index >= 15 is 0 Å². The molecule has 2 aliphatic rings. The maximum Gasteiger partial charge on any atom is 0.336 e. The van der Waals surface area contributed by atoms with E-state index in [-0.39, 0.29) is 11.2 Å². The zero-order valence-corrected chi connectivity index (χ0v) is 19.4. The second-order valence-electron chi connectivity index (χ2n) is 8.91. The number of benzene rings is 1. The van der Waals surface area contributed by atoms with Gasteiger partial charge >= 0.3 is 5.97 Å². The van der Waals surface area contributed by atoms with E-state index in [1.807, 2.05) is 39.0 Å². The Morgan fingerprint density at radius 2 is 1.94 bits per heavy atom. The number of allylic oxidation sites excluding steroid dienone is 3. The largest absolute Gasteiger partial charge is 0.493 e. The van der Waals surface area contributed by atoms with Crippen LogP contribution < -0.4 is 14.8 Å². The number of ketones is 1. The van der Waals surface area contributed by atoms with E-state index in [0.717, 1.165) is 29.8 Å². The number of Topliss-reactive ketones (excluding diaryl/α,β-unsaturated/α-hetero) is 1. The van der Waals surface area contributed by atoms with Crippen LogP contribution in [0.5, 0.6) is 11.5 Å². The topological polar surface area (TPSA) is 73.9 Å². The molecule has 6 nitrogen and oxygen atoms in total. The quantitative estimate of drug-likeness (QED) is 0.639. The number of hydrogen-bond donors (Lipinski definition) is 1. The van der Waals surface area contributed by atoms with Gasteiger partial charge in [0, 0.05) is 29.3 Å². The molecule has 1 aromatic carbocycles. The van der Waals surface area contributed by atoms with E-state index < -0.39 is 11.9 Å². The van der Waals surface area contributed by atoms with Gasteiger partial charge in [0.1, 0.15) is 0 Å². The van der Waals surface area contributed by atoms with Gasteiger partial charge in [-0.15, -0.1) is 0 Å². The van der Waals surface area contributed by atoms with Crippen molar-refractivity contribution in [2.75, 3.05) is 20.3 Å². The molecule has 0 unspecified atom stereocenters. The standard InChI is InChI=1S/C25H33NO5/c1-7-11-31-24(28)21-15(3)26-17-13-25(4,5)14-18(27)23(17)22(21)16-9-10-19(30-8-2)20(12-16)29-6/h9-10,12,22,26H,7-8,11,13-14H2,1-6H3/t22-/m0/s1. The molecular formula is C25H33NO5. The Bertz CT molecular complexity index is 941. The summed E-state index contributed by atoms with van der Waals surface area (Å²) in [6.45, 7) is 10.8. The molecule has 1 aliphatic carbocycles. The van der Waals surface area contributed by atoms with Gasteiger partial charge in [0.05, 0.1) is 25.9 Å². The fourth-order valence-corrected chi connectivity index (χ4v) is 4.45. The maximum atomic E-state index is 13.3. The van der Waals surface area contributed by atoms with E-state index in [1.165, 1.54) is 0 Å². The van der Waals surface area contributed by atoms with Crippen LogP contribution in [0.2, 0.25) is 0 Å². The summed E-state index contributed by atoms with van der Waals surface area (Å²) in [7, 11) is 1.58. The highest BCUT2D eigenvalue weighted by Gasteiger charge is 2.43. The molecule has 3 rings (SSSR count). The first-order valence-corrected chi connectivity index (χ1v) is 10.9. The number of carbonyl (C=O) groups excluding carboxylic acids is 2. The van der Waals surface area contributed by atoms with Crippen LogP contribution >= 0.6 is 0 Å².